The molecule has 0 spiro atoms. The van der Waals surface area contributed by atoms with Crippen LogP contribution in [-0.4, -0.2) is 46.8 Å². The molecule has 0 saturated carbocycles. The summed E-state index contributed by atoms with van der Waals surface area (Å²) in [5.74, 6) is -2.14. The molecule has 7 heteroatoms. The molecule has 0 fully saturated rings. The number of carbonyl (C=O) groups excluding carboxylic acids is 4. The molecule has 2 aliphatic heterocycles. The van der Waals surface area contributed by atoms with Crippen LogP contribution in [0.2, 0.25) is 0 Å². The van der Waals surface area contributed by atoms with Crippen molar-refractivity contribution in [2.45, 2.75) is 0 Å². The molecule has 0 atom stereocenters. The summed E-state index contributed by atoms with van der Waals surface area (Å²) in [5.41, 5.74) is 1.42. The molecular weight excluding hydrogens is 468 g/mol. The molecule has 0 saturated heterocycles. The lowest BCUT2D eigenvalue weighted by molar-refractivity contribution is 0.0579. The quantitative estimate of drug-likeness (QED) is 0.299. The molecule has 5 aromatic carbocycles. The minimum atomic E-state index is -0.556. The number of carbonyl (C=O) groups is 4. The Morgan fingerprint density at radius 1 is 0.541 bits per heavy atom. The smallest absolute Gasteiger partial charge is 0.265 e. The van der Waals surface area contributed by atoms with Crippen molar-refractivity contribution in [2.75, 3.05) is 18.1 Å². The number of hydrogen-bond donors (Lipinski definition) is 1. The third kappa shape index (κ3) is 2.86. The van der Waals surface area contributed by atoms with Crippen molar-refractivity contribution in [3.63, 3.8) is 0 Å². The summed E-state index contributed by atoms with van der Waals surface area (Å²) in [6.45, 7) is -0.495. The molecular formula is C30H18N2O5. The number of aliphatic hydroxyl groups excluding tert-OH is 1. The number of amides is 4. The number of benzene rings is 5. The first kappa shape index (κ1) is 21.4. The van der Waals surface area contributed by atoms with Crippen molar-refractivity contribution < 1.29 is 24.3 Å². The monoisotopic (exact) mass is 486 g/mol. The molecule has 7 nitrogen and oxygen atoms in total. The van der Waals surface area contributed by atoms with Crippen LogP contribution < -0.4 is 4.90 Å². The second kappa shape index (κ2) is 7.56. The molecule has 178 valence electrons. The van der Waals surface area contributed by atoms with E-state index < -0.39 is 23.6 Å². The maximum absolute atomic E-state index is 13.7. The van der Waals surface area contributed by atoms with E-state index in [4.69, 9.17) is 0 Å². The molecule has 2 aliphatic rings. The van der Waals surface area contributed by atoms with Crippen LogP contribution in [0.1, 0.15) is 41.4 Å². The highest BCUT2D eigenvalue weighted by atomic mass is 16.3. The molecule has 0 aromatic heterocycles. The van der Waals surface area contributed by atoms with Crippen molar-refractivity contribution in [3.05, 3.63) is 101 Å². The molecule has 0 unspecified atom stereocenters. The number of fused-ring (bicyclic) bond motifs is 2. The molecule has 7 rings (SSSR count). The summed E-state index contributed by atoms with van der Waals surface area (Å²) < 4.78 is 0. The van der Waals surface area contributed by atoms with Gasteiger partial charge in [0.2, 0.25) is 0 Å². The first-order chi connectivity index (χ1) is 18.0. The van der Waals surface area contributed by atoms with E-state index in [1.165, 1.54) is 24.3 Å². The van der Waals surface area contributed by atoms with Gasteiger partial charge in [-0.2, -0.15) is 0 Å². The van der Waals surface area contributed by atoms with E-state index in [0.717, 1.165) is 31.3 Å². The number of anilines is 1. The molecule has 4 amide bonds. The van der Waals surface area contributed by atoms with Gasteiger partial charge in [0.1, 0.15) is 0 Å². The van der Waals surface area contributed by atoms with Crippen LogP contribution in [0.5, 0.6) is 0 Å². The van der Waals surface area contributed by atoms with Crippen LogP contribution >= 0.6 is 0 Å². The first-order valence-electron chi connectivity index (χ1n) is 11.9. The Labute approximate surface area is 210 Å². The fourth-order valence-corrected chi connectivity index (χ4v) is 5.53. The Kier molecular flexibility index (Phi) is 4.37. The molecule has 2 heterocycles. The third-order valence-electron chi connectivity index (χ3n) is 7.25. The van der Waals surface area contributed by atoms with Crippen LogP contribution in [0, 0.1) is 0 Å². The van der Waals surface area contributed by atoms with Gasteiger partial charge >= 0.3 is 0 Å². The average Bonchev–Trinajstić information content (AvgIpc) is 2.91. The number of β-amino-alcohol motifs (C(OH)–C–C–N with tert-alkyl or cyclic N) is 1. The SMILES string of the molecule is O=C1c2ccc3c4c(ccc(c24)C(=O)N1CCO)C(=O)N(c1ccc2cc4ccccc4cc2c1)C3=O. The number of nitrogens with zero attached hydrogens (tertiary/aromatic N) is 2. The van der Waals surface area contributed by atoms with E-state index in [2.05, 4.69) is 6.07 Å². The zero-order valence-corrected chi connectivity index (χ0v) is 19.4. The van der Waals surface area contributed by atoms with Gasteiger partial charge in [-0.3, -0.25) is 24.1 Å². The Morgan fingerprint density at radius 2 is 1.03 bits per heavy atom. The van der Waals surface area contributed by atoms with Gasteiger partial charge in [-0.1, -0.05) is 30.3 Å². The van der Waals surface area contributed by atoms with Gasteiger partial charge in [0.15, 0.2) is 0 Å². The van der Waals surface area contributed by atoms with Crippen LogP contribution in [0.4, 0.5) is 5.69 Å². The normalized spacial score (nSPS) is 14.9. The molecule has 1 N–H and O–H groups in total. The minimum Gasteiger partial charge on any atom is -0.395 e. The minimum absolute atomic E-state index is 0.134. The van der Waals surface area contributed by atoms with Gasteiger partial charge < -0.3 is 5.11 Å². The van der Waals surface area contributed by atoms with E-state index in [0.29, 0.717) is 16.5 Å². The fraction of sp³-hybridized carbons (Fsp3) is 0.0667. The Morgan fingerprint density at radius 3 is 1.57 bits per heavy atom. The number of aliphatic hydroxyl groups is 1. The third-order valence-corrected chi connectivity index (χ3v) is 7.25. The molecule has 0 aliphatic carbocycles. The average molecular weight is 486 g/mol. The lowest BCUT2D eigenvalue weighted by Crippen LogP contribution is -2.44. The van der Waals surface area contributed by atoms with E-state index in [-0.39, 0.29) is 35.4 Å². The Hall–Kier alpha value is -4.88. The van der Waals surface area contributed by atoms with Gasteiger partial charge in [-0.25, -0.2) is 4.90 Å². The lowest BCUT2D eigenvalue weighted by atomic mass is 9.85. The van der Waals surface area contributed by atoms with Crippen LogP contribution in [-0.2, 0) is 0 Å². The second-order valence-electron chi connectivity index (χ2n) is 9.23. The summed E-state index contributed by atoms with van der Waals surface area (Å²) in [6, 6.07) is 23.7. The van der Waals surface area contributed by atoms with Gasteiger partial charge in [-0.05, 0) is 70.1 Å². The van der Waals surface area contributed by atoms with Gasteiger partial charge in [0, 0.05) is 33.0 Å². The second-order valence-corrected chi connectivity index (χ2v) is 9.23. The van der Waals surface area contributed by atoms with E-state index >= 15 is 0 Å². The zero-order chi connectivity index (χ0) is 25.4. The molecule has 37 heavy (non-hydrogen) atoms. The maximum atomic E-state index is 13.7. The Balaban J connectivity index is 1.40. The standard InChI is InChI=1S/C30H18N2O5/c33-12-11-31-27(34)21-7-9-23-26-24(10-8-22(25(21)26)28(31)35)30(37)32(29(23)36)20-6-5-18-13-16-3-1-2-4-17(16)14-19(18)15-20/h1-10,13-15,33H,11-12H2. The van der Waals surface area contributed by atoms with E-state index in [1.54, 1.807) is 6.07 Å². The van der Waals surface area contributed by atoms with Crippen molar-refractivity contribution in [1.82, 2.24) is 4.90 Å². The first-order valence-corrected chi connectivity index (χ1v) is 11.9. The number of rotatable bonds is 3. The summed E-state index contributed by atoms with van der Waals surface area (Å²) in [6.07, 6.45) is 0. The predicted octanol–water partition coefficient (Wildman–Crippen LogP) is 4.54. The molecule has 0 radical (unpaired) electrons. The highest BCUT2D eigenvalue weighted by Gasteiger charge is 2.40. The predicted molar refractivity (Wildman–Crippen MR) is 139 cm³/mol. The van der Waals surface area contributed by atoms with Crippen LogP contribution in [0.3, 0.4) is 0 Å². The summed E-state index contributed by atoms with van der Waals surface area (Å²) >= 11 is 0. The van der Waals surface area contributed by atoms with Crippen molar-refractivity contribution in [3.8, 4) is 0 Å². The van der Waals surface area contributed by atoms with E-state index in [9.17, 15) is 24.3 Å². The van der Waals surface area contributed by atoms with Crippen molar-refractivity contribution in [2.24, 2.45) is 0 Å². The zero-order valence-electron chi connectivity index (χ0n) is 19.4. The highest BCUT2D eigenvalue weighted by molar-refractivity contribution is 6.39. The van der Waals surface area contributed by atoms with Gasteiger partial charge in [0.05, 0.1) is 18.8 Å². The Bertz CT molecular complexity index is 1820. The van der Waals surface area contributed by atoms with Crippen LogP contribution in [0.25, 0.3) is 32.3 Å². The van der Waals surface area contributed by atoms with Crippen molar-refractivity contribution >= 4 is 61.6 Å². The van der Waals surface area contributed by atoms with E-state index in [1.807, 2.05) is 42.5 Å². The van der Waals surface area contributed by atoms with Gasteiger partial charge in [0.25, 0.3) is 23.6 Å². The number of hydrogen-bond acceptors (Lipinski definition) is 5. The molecule has 5 aromatic rings. The van der Waals surface area contributed by atoms with Gasteiger partial charge in [-0.15, -0.1) is 0 Å². The maximum Gasteiger partial charge on any atom is 0.265 e. The highest BCUT2D eigenvalue weighted by Crippen LogP contribution is 2.39. The number of imide groups is 2. The summed E-state index contributed by atoms with van der Waals surface area (Å²) in [5, 5.41) is 14.0. The van der Waals surface area contributed by atoms with Crippen LogP contribution in [0.15, 0.2) is 78.9 Å². The largest absolute Gasteiger partial charge is 0.395 e. The molecule has 0 bridgehead atoms. The fourth-order valence-electron chi connectivity index (χ4n) is 5.53. The lowest BCUT2D eigenvalue weighted by Gasteiger charge is -2.31. The topological polar surface area (TPSA) is 95.0 Å². The summed E-state index contributed by atoms with van der Waals surface area (Å²) in [4.78, 5) is 55.6. The summed E-state index contributed by atoms with van der Waals surface area (Å²) in [7, 11) is 0. The van der Waals surface area contributed by atoms with Crippen molar-refractivity contribution in [1.29, 1.82) is 0 Å².